The molecule has 0 unspecified atom stereocenters. The molecule has 0 amide bonds. The summed E-state index contributed by atoms with van der Waals surface area (Å²) in [6.07, 6.45) is 3.52. The molecular formula is C22H25ClO2. The average molecular weight is 357 g/mol. The smallest absolute Gasteiger partial charge is 0.119 e. The third-order valence-corrected chi connectivity index (χ3v) is 5.66. The summed E-state index contributed by atoms with van der Waals surface area (Å²) in [5, 5.41) is 0.840. The SMILES string of the molecule is Cc1cc(OCC2(C)COC2)cc(C)c1-c1cc(Cl)cc2c1CCC2. The molecule has 0 N–H and O–H groups in total. The molecule has 25 heavy (non-hydrogen) atoms. The van der Waals surface area contributed by atoms with Gasteiger partial charge in [0, 0.05) is 10.4 Å². The van der Waals surface area contributed by atoms with Crippen molar-refractivity contribution in [1.82, 2.24) is 0 Å². The molecule has 0 aromatic heterocycles. The topological polar surface area (TPSA) is 18.5 Å². The number of ether oxygens (including phenoxy) is 2. The molecule has 0 bridgehead atoms. The van der Waals surface area contributed by atoms with Crippen LogP contribution >= 0.6 is 11.6 Å². The van der Waals surface area contributed by atoms with Gasteiger partial charge in [0.05, 0.1) is 19.8 Å². The van der Waals surface area contributed by atoms with Crippen molar-refractivity contribution in [3.05, 3.63) is 51.5 Å². The standard InChI is InChI=1S/C22H25ClO2/c1-14-7-18(25-13-22(3)11-24-12-22)8-15(2)21(14)20-10-17(23)9-16-5-4-6-19(16)20/h7-10H,4-6,11-13H2,1-3H3. The van der Waals surface area contributed by atoms with E-state index >= 15 is 0 Å². The highest BCUT2D eigenvalue weighted by atomic mass is 35.5. The fourth-order valence-electron chi connectivity index (χ4n) is 4.11. The van der Waals surface area contributed by atoms with Gasteiger partial charge in [0.2, 0.25) is 0 Å². The predicted molar refractivity (Wildman–Crippen MR) is 103 cm³/mol. The van der Waals surface area contributed by atoms with Crippen LogP contribution in [-0.4, -0.2) is 19.8 Å². The van der Waals surface area contributed by atoms with Crippen molar-refractivity contribution in [2.45, 2.75) is 40.0 Å². The summed E-state index contributed by atoms with van der Waals surface area (Å²) in [7, 11) is 0. The zero-order valence-electron chi connectivity index (χ0n) is 15.2. The minimum absolute atomic E-state index is 0.161. The number of rotatable bonds is 4. The third-order valence-electron chi connectivity index (χ3n) is 5.44. The lowest BCUT2D eigenvalue weighted by Crippen LogP contribution is -2.44. The number of halogens is 1. The monoisotopic (exact) mass is 356 g/mol. The summed E-state index contributed by atoms with van der Waals surface area (Å²) in [4.78, 5) is 0. The Morgan fingerprint density at radius 3 is 2.44 bits per heavy atom. The summed E-state index contributed by atoms with van der Waals surface area (Å²) in [5.41, 5.74) is 8.17. The number of hydrogen-bond acceptors (Lipinski definition) is 2. The lowest BCUT2D eigenvalue weighted by Gasteiger charge is -2.37. The van der Waals surface area contributed by atoms with Crippen LogP contribution in [-0.2, 0) is 17.6 Å². The first-order chi connectivity index (χ1) is 12.0. The Hall–Kier alpha value is -1.51. The van der Waals surface area contributed by atoms with E-state index in [-0.39, 0.29) is 5.41 Å². The molecule has 1 fully saturated rings. The molecule has 1 aliphatic heterocycles. The number of hydrogen-bond donors (Lipinski definition) is 0. The number of fused-ring (bicyclic) bond motifs is 1. The second-order valence-corrected chi connectivity index (χ2v) is 8.41. The van der Waals surface area contributed by atoms with Crippen LogP contribution in [0.2, 0.25) is 5.02 Å². The first-order valence-electron chi connectivity index (χ1n) is 9.09. The quantitative estimate of drug-likeness (QED) is 0.717. The van der Waals surface area contributed by atoms with E-state index in [1.54, 1.807) is 0 Å². The second-order valence-electron chi connectivity index (χ2n) is 7.97. The van der Waals surface area contributed by atoms with Gasteiger partial charge in [-0.3, -0.25) is 0 Å². The molecule has 3 heteroatoms. The molecule has 2 aromatic rings. The summed E-state index contributed by atoms with van der Waals surface area (Å²) < 4.78 is 11.4. The van der Waals surface area contributed by atoms with E-state index < -0.39 is 0 Å². The molecular weight excluding hydrogens is 332 g/mol. The van der Waals surface area contributed by atoms with Crippen LogP contribution in [0.3, 0.4) is 0 Å². The molecule has 0 saturated carbocycles. The van der Waals surface area contributed by atoms with E-state index in [1.807, 2.05) is 0 Å². The zero-order chi connectivity index (χ0) is 17.6. The van der Waals surface area contributed by atoms with Gasteiger partial charge in [-0.15, -0.1) is 0 Å². The fourth-order valence-corrected chi connectivity index (χ4v) is 4.35. The summed E-state index contributed by atoms with van der Waals surface area (Å²) >= 11 is 6.40. The van der Waals surface area contributed by atoms with Crippen LogP contribution < -0.4 is 4.74 Å². The molecule has 2 aliphatic rings. The number of benzene rings is 2. The summed E-state index contributed by atoms with van der Waals surface area (Å²) in [6.45, 7) is 8.84. The van der Waals surface area contributed by atoms with Gasteiger partial charge < -0.3 is 9.47 Å². The Bertz CT molecular complexity index is 798. The van der Waals surface area contributed by atoms with Crippen molar-refractivity contribution in [1.29, 1.82) is 0 Å². The molecule has 4 rings (SSSR count). The first-order valence-corrected chi connectivity index (χ1v) is 9.46. The van der Waals surface area contributed by atoms with Crippen molar-refractivity contribution in [2.75, 3.05) is 19.8 Å². The molecule has 0 atom stereocenters. The second kappa shape index (κ2) is 6.34. The van der Waals surface area contributed by atoms with Crippen molar-refractivity contribution in [3.63, 3.8) is 0 Å². The fraction of sp³-hybridized carbons (Fsp3) is 0.455. The highest BCUT2D eigenvalue weighted by Crippen LogP contribution is 2.39. The van der Waals surface area contributed by atoms with Crippen LogP contribution in [0.5, 0.6) is 5.75 Å². The van der Waals surface area contributed by atoms with Gasteiger partial charge >= 0.3 is 0 Å². The predicted octanol–water partition coefficient (Wildman–Crippen LogP) is 5.53. The van der Waals surface area contributed by atoms with E-state index in [1.165, 1.54) is 39.8 Å². The molecule has 1 aliphatic carbocycles. The summed E-state index contributed by atoms with van der Waals surface area (Å²) in [6, 6.07) is 8.59. The van der Waals surface area contributed by atoms with Gasteiger partial charge in [-0.05, 0) is 90.8 Å². The maximum Gasteiger partial charge on any atom is 0.119 e. The molecule has 2 aromatic carbocycles. The van der Waals surface area contributed by atoms with Gasteiger partial charge in [-0.25, -0.2) is 0 Å². The molecule has 2 nitrogen and oxygen atoms in total. The van der Waals surface area contributed by atoms with Gasteiger partial charge in [-0.1, -0.05) is 18.5 Å². The Kier molecular flexibility index (Phi) is 4.29. The van der Waals surface area contributed by atoms with Crippen LogP contribution in [0.1, 0.15) is 35.6 Å². The van der Waals surface area contributed by atoms with Crippen molar-refractivity contribution >= 4 is 11.6 Å². The van der Waals surface area contributed by atoms with Crippen LogP contribution in [0, 0.1) is 19.3 Å². The normalized spacial score (nSPS) is 17.9. The van der Waals surface area contributed by atoms with Gasteiger partial charge in [0.1, 0.15) is 5.75 Å². The molecule has 0 radical (unpaired) electrons. The van der Waals surface area contributed by atoms with Crippen molar-refractivity contribution < 1.29 is 9.47 Å². The Morgan fingerprint density at radius 2 is 1.80 bits per heavy atom. The summed E-state index contributed by atoms with van der Waals surface area (Å²) in [5.74, 6) is 0.950. The van der Waals surface area contributed by atoms with Gasteiger partial charge in [0.25, 0.3) is 0 Å². The van der Waals surface area contributed by atoms with Crippen LogP contribution in [0.25, 0.3) is 11.1 Å². The largest absolute Gasteiger partial charge is 0.493 e. The minimum atomic E-state index is 0.161. The lowest BCUT2D eigenvalue weighted by atomic mass is 9.89. The van der Waals surface area contributed by atoms with Crippen LogP contribution in [0.4, 0.5) is 0 Å². The lowest BCUT2D eigenvalue weighted by molar-refractivity contribution is -0.120. The van der Waals surface area contributed by atoms with Crippen LogP contribution in [0.15, 0.2) is 24.3 Å². The van der Waals surface area contributed by atoms with E-state index in [4.69, 9.17) is 21.1 Å². The molecule has 1 saturated heterocycles. The maximum atomic E-state index is 6.40. The van der Waals surface area contributed by atoms with E-state index in [9.17, 15) is 0 Å². The third kappa shape index (κ3) is 3.18. The highest BCUT2D eigenvalue weighted by molar-refractivity contribution is 6.31. The van der Waals surface area contributed by atoms with E-state index in [2.05, 4.69) is 45.0 Å². The van der Waals surface area contributed by atoms with Crippen molar-refractivity contribution in [2.24, 2.45) is 5.41 Å². The van der Waals surface area contributed by atoms with Crippen molar-refractivity contribution in [3.8, 4) is 16.9 Å². The van der Waals surface area contributed by atoms with E-state index in [0.29, 0.717) is 6.61 Å². The zero-order valence-corrected chi connectivity index (χ0v) is 16.0. The minimum Gasteiger partial charge on any atom is -0.493 e. The highest BCUT2D eigenvalue weighted by Gasteiger charge is 2.34. The Balaban J connectivity index is 1.67. The average Bonchev–Trinajstić information content (AvgIpc) is 2.98. The van der Waals surface area contributed by atoms with Gasteiger partial charge in [0.15, 0.2) is 0 Å². The maximum absolute atomic E-state index is 6.40. The molecule has 132 valence electrons. The number of aryl methyl sites for hydroxylation is 3. The first kappa shape index (κ1) is 16.9. The Morgan fingerprint density at radius 1 is 1.08 bits per heavy atom. The Labute approximate surface area is 155 Å². The van der Waals surface area contributed by atoms with Gasteiger partial charge in [-0.2, -0.15) is 0 Å². The molecule has 0 spiro atoms. The molecule has 1 heterocycles. The van der Waals surface area contributed by atoms with E-state index in [0.717, 1.165) is 36.8 Å².